The number of aromatic nitrogens is 1. The van der Waals surface area contributed by atoms with E-state index in [0.717, 1.165) is 17.3 Å². The van der Waals surface area contributed by atoms with E-state index in [-0.39, 0.29) is 12.4 Å². The summed E-state index contributed by atoms with van der Waals surface area (Å²) < 4.78 is 42.9. The Bertz CT molecular complexity index is 797. The molecule has 0 fully saturated rings. The Labute approximate surface area is 146 Å². The third-order valence-electron chi connectivity index (χ3n) is 3.09. The van der Waals surface area contributed by atoms with Gasteiger partial charge in [0, 0.05) is 6.20 Å². The molecular formula is C15H15F3N6O2. The maximum Gasteiger partial charge on any atom is 0.416 e. The first kappa shape index (κ1) is 19.0. The Morgan fingerprint density at radius 3 is 2.81 bits per heavy atom. The quantitative estimate of drug-likeness (QED) is 0.323. The molecule has 0 radical (unpaired) electrons. The molecule has 1 aromatic heterocycles. The molecule has 0 bridgehead atoms. The van der Waals surface area contributed by atoms with Crippen LogP contribution in [0.3, 0.4) is 0 Å². The number of nitrogens with one attached hydrogen (secondary N) is 1. The number of carbonyl (C=O) groups excluding carboxylic acids is 1. The van der Waals surface area contributed by atoms with E-state index in [1.54, 1.807) is 24.3 Å². The van der Waals surface area contributed by atoms with Crippen molar-refractivity contribution in [1.29, 1.82) is 0 Å². The summed E-state index contributed by atoms with van der Waals surface area (Å²) in [5, 5.41) is 6.58. The maximum atomic E-state index is 12.6. The average molecular weight is 368 g/mol. The number of ether oxygens (including phenoxy) is 1. The summed E-state index contributed by atoms with van der Waals surface area (Å²) in [5.41, 5.74) is 0.205. The number of carbonyl (C=O) groups is 1. The minimum Gasteiger partial charge on any atom is -0.444 e. The molecule has 0 saturated carbocycles. The van der Waals surface area contributed by atoms with Gasteiger partial charge in [-0.3, -0.25) is 10.3 Å². The van der Waals surface area contributed by atoms with Gasteiger partial charge in [0.1, 0.15) is 18.8 Å². The number of pyridine rings is 1. The summed E-state index contributed by atoms with van der Waals surface area (Å²) in [5.74, 6) is 10.4. The first-order valence-electron chi connectivity index (χ1n) is 7.13. The van der Waals surface area contributed by atoms with E-state index in [1.807, 2.05) is 0 Å². The van der Waals surface area contributed by atoms with Crippen LogP contribution in [-0.2, 0) is 17.5 Å². The second-order valence-electron chi connectivity index (χ2n) is 4.97. The standard InChI is InChI=1S/C15H15F3N6O2/c16-15(17,18)11-4-5-21-13(7-11)23-14(25)26-8-10-2-1-3-12(6-10)24(20)9-22-19/h1-7,9H,8,19-20H2,(H,21,23,25)/b22-9-. The van der Waals surface area contributed by atoms with Crippen LogP contribution in [-0.4, -0.2) is 17.4 Å². The monoisotopic (exact) mass is 368 g/mol. The first-order chi connectivity index (χ1) is 12.3. The summed E-state index contributed by atoms with van der Waals surface area (Å²) in [6, 6.07) is 8.15. The molecule has 0 spiro atoms. The Morgan fingerprint density at radius 2 is 2.12 bits per heavy atom. The van der Waals surface area contributed by atoms with Crippen LogP contribution in [0.2, 0.25) is 0 Å². The fourth-order valence-electron chi connectivity index (χ4n) is 1.91. The number of hydrazine groups is 1. The lowest BCUT2D eigenvalue weighted by Gasteiger charge is -2.13. The van der Waals surface area contributed by atoms with Crippen molar-refractivity contribution in [3.05, 3.63) is 53.7 Å². The van der Waals surface area contributed by atoms with E-state index in [1.165, 1.54) is 6.34 Å². The van der Waals surface area contributed by atoms with Crippen LogP contribution >= 0.6 is 0 Å². The fraction of sp³-hybridized carbons (Fsp3) is 0.133. The van der Waals surface area contributed by atoms with Gasteiger partial charge in [-0.25, -0.2) is 15.6 Å². The van der Waals surface area contributed by atoms with E-state index in [2.05, 4.69) is 15.4 Å². The van der Waals surface area contributed by atoms with Crippen molar-refractivity contribution in [3.63, 3.8) is 0 Å². The molecule has 2 aromatic rings. The van der Waals surface area contributed by atoms with Gasteiger partial charge in [-0.2, -0.15) is 18.3 Å². The second-order valence-corrected chi connectivity index (χ2v) is 4.97. The molecule has 0 aliphatic heterocycles. The number of rotatable bonds is 5. The highest BCUT2D eigenvalue weighted by molar-refractivity contribution is 5.83. The van der Waals surface area contributed by atoms with Crippen LogP contribution in [0, 0.1) is 0 Å². The first-order valence-corrected chi connectivity index (χ1v) is 7.13. The van der Waals surface area contributed by atoms with Gasteiger partial charge < -0.3 is 10.6 Å². The molecule has 0 aliphatic rings. The predicted octanol–water partition coefficient (Wildman–Crippen LogP) is 2.43. The molecule has 1 heterocycles. The van der Waals surface area contributed by atoms with Gasteiger partial charge in [-0.15, -0.1) is 0 Å². The van der Waals surface area contributed by atoms with Gasteiger partial charge in [0.25, 0.3) is 0 Å². The third kappa shape index (κ3) is 5.34. The summed E-state index contributed by atoms with van der Waals surface area (Å²) >= 11 is 0. The van der Waals surface area contributed by atoms with E-state index < -0.39 is 17.8 Å². The van der Waals surface area contributed by atoms with Crippen molar-refractivity contribution >= 4 is 23.9 Å². The minimum atomic E-state index is -4.54. The Balaban J connectivity index is 1.96. The second kappa shape index (κ2) is 8.16. The Morgan fingerprint density at radius 1 is 1.35 bits per heavy atom. The summed E-state index contributed by atoms with van der Waals surface area (Å²) in [4.78, 5) is 15.4. The molecule has 0 aliphatic carbocycles. The van der Waals surface area contributed by atoms with Gasteiger partial charge in [-0.1, -0.05) is 12.1 Å². The largest absolute Gasteiger partial charge is 0.444 e. The maximum absolute atomic E-state index is 12.6. The molecule has 138 valence electrons. The number of nitrogens with two attached hydrogens (primary N) is 2. The van der Waals surface area contributed by atoms with E-state index in [9.17, 15) is 18.0 Å². The third-order valence-corrected chi connectivity index (χ3v) is 3.09. The van der Waals surface area contributed by atoms with E-state index in [4.69, 9.17) is 16.4 Å². The lowest BCUT2D eigenvalue weighted by Crippen LogP contribution is -2.29. The average Bonchev–Trinajstić information content (AvgIpc) is 2.60. The smallest absolute Gasteiger partial charge is 0.416 e. The molecule has 11 heteroatoms. The van der Waals surface area contributed by atoms with Crippen molar-refractivity contribution in [2.45, 2.75) is 12.8 Å². The van der Waals surface area contributed by atoms with Crippen LogP contribution < -0.4 is 22.0 Å². The van der Waals surface area contributed by atoms with Crippen molar-refractivity contribution in [2.24, 2.45) is 16.8 Å². The number of nitrogens with zero attached hydrogens (tertiary/aromatic N) is 3. The van der Waals surface area contributed by atoms with Crippen LogP contribution in [0.1, 0.15) is 11.1 Å². The zero-order valence-electron chi connectivity index (χ0n) is 13.3. The zero-order chi connectivity index (χ0) is 19.2. The fourth-order valence-corrected chi connectivity index (χ4v) is 1.91. The van der Waals surface area contributed by atoms with Crippen LogP contribution in [0.4, 0.5) is 29.5 Å². The SMILES string of the molecule is N/N=C\N(N)c1cccc(COC(=O)Nc2cc(C(F)(F)F)ccn2)c1. The number of halogens is 3. The normalized spacial score (nSPS) is 11.4. The van der Waals surface area contributed by atoms with Crippen molar-refractivity contribution < 1.29 is 22.7 Å². The number of hydrogen-bond acceptors (Lipinski definition) is 6. The molecule has 0 atom stereocenters. The van der Waals surface area contributed by atoms with Gasteiger partial charge in [-0.05, 0) is 29.8 Å². The molecule has 2 rings (SSSR count). The number of anilines is 2. The lowest BCUT2D eigenvalue weighted by atomic mass is 10.2. The van der Waals surface area contributed by atoms with Crippen LogP contribution in [0.15, 0.2) is 47.7 Å². The number of alkyl halides is 3. The molecular weight excluding hydrogens is 353 g/mol. The van der Waals surface area contributed by atoms with Gasteiger partial charge in [0.2, 0.25) is 0 Å². The molecule has 1 amide bonds. The van der Waals surface area contributed by atoms with Gasteiger partial charge in [0.15, 0.2) is 0 Å². The Hall–Kier alpha value is -3.34. The topological polar surface area (TPSA) is 119 Å². The highest BCUT2D eigenvalue weighted by Gasteiger charge is 2.30. The molecule has 0 unspecified atom stereocenters. The van der Waals surface area contributed by atoms with E-state index in [0.29, 0.717) is 17.3 Å². The highest BCUT2D eigenvalue weighted by Crippen LogP contribution is 2.29. The van der Waals surface area contributed by atoms with Crippen LogP contribution in [0.5, 0.6) is 0 Å². The van der Waals surface area contributed by atoms with E-state index >= 15 is 0 Å². The van der Waals surface area contributed by atoms with Crippen molar-refractivity contribution in [2.75, 3.05) is 10.3 Å². The zero-order valence-corrected chi connectivity index (χ0v) is 13.3. The molecule has 5 N–H and O–H groups in total. The predicted molar refractivity (Wildman–Crippen MR) is 88.8 cm³/mol. The van der Waals surface area contributed by atoms with Crippen LogP contribution in [0.25, 0.3) is 0 Å². The van der Waals surface area contributed by atoms with Crippen molar-refractivity contribution in [1.82, 2.24) is 4.98 Å². The lowest BCUT2D eigenvalue weighted by molar-refractivity contribution is -0.137. The number of hydrazone groups is 1. The molecule has 8 nitrogen and oxygen atoms in total. The number of amides is 1. The number of benzene rings is 1. The number of hydrogen-bond donors (Lipinski definition) is 3. The van der Waals surface area contributed by atoms with Gasteiger partial charge >= 0.3 is 12.3 Å². The molecule has 26 heavy (non-hydrogen) atoms. The minimum absolute atomic E-state index is 0.133. The van der Waals surface area contributed by atoms with Crippen molar-refractivity contribution in [3.8, 4) is 0 Å². The molecule has 0 saturated heterocycles. The molecule has 1 aromatic carbocycles. The van der Waals surface area contributed by atoms with Gasteiger partial charge in [0.05, 0.1) is 11.3 Å². The summed E-state index contributed by atoms with van der Waals surface area (Å²) in [7, 11) is 0. The summed E-state index contributed by atoms with van der Waals surface area (Å²) in [6.07, 6.45) is -3.36. The highest BCUT2D eigenvalue weighted by atomic mass is 19.4. The Kier molecular flexibility index (Phi) is 5.96. The summed E-state index contributed by atoms with van der Waals surface area (Å²) in [6.45, 7) is -0.133.